The van der Waals surface area contributed by atoms with Gasteiger partial charge < -0.3 is 9.67 Å². The molecule has 2 aromatic carbocycles. The van der Waals surface area contributed by atoms with Crippen LogP contribution in [0.15, 0.2) is 53.6 Å². The number of aryl methyl sites for hydroxylation is 1. The molecule has 0 radical (unpaired) electrons. The summed E-state index contributed by atoms with van der Waals surface area (Å²) in [5, 5.41) is 14.7. The van der Waals surface area contributed by atoms with Crippen LogP contribution in [0.25, 0.3) is 5.69 Å². The monoisotopic (exact) mass is 401 g/mol. The van der Waals surface area contributed by atoms with Crippen LogP contribution >= 0.6 is 23.2 Å². The van der Waals surface area contributed by atoms with E-state index in [9.17, 15) is 9.90 Å². The maximum atomic E-state index is 12.1. The lowest BCUT2D eigenvalue weighted by molar-refractivity contribution is 0.0952. The van der Waals surface area contributed by atoms with Crippen molar-refractivity contribution in [2.45, 2.75) is 13.8 Å². The Kier molecular flexibility index (Phi) is 5.54. The Morgan fingerprint density at radius 1 is 1.11 bits per heavy atom. The average Bonchev–Trinajstić information content (AvgIpc) is 2.91. The van der Waals surface area contributed by atoms with E-state index in [1.54, 1.807) is 30.5 Å². The molecule has 0 aliphatic rings. The van der Waals surface area contributed by atoms with Gasteiger partial charge in [0.15, 0.2) is 0 Å². The van der Waals surface area contributed by atoms with Crippen LogP contribution in [0.4, 0.5) is 0 Å². The van der Waals surface area contributed by atoms with Crippen molar-refractivity contribution in [2.24, 2.45) is 5.10 Å². The third kappa shape index (κ3) is 3.99. The van der Waals surface area contributed by atoms with E-state index < -0.39 is 5.91 Å². The molecule has 3 rings (SSSR count). The van der Waals surface area contributed by atoms with Crippen molar-refractivity contribution in [3.8, 4) is 11.4 Å². The zero-order valence-corrected chi connectivity index (χ0v) is 16.2. The molecule has 2 N–H and O–H groups in total. The number of hydrazone groups is 1. The summed E-state index contributed by atoms with van der Waals surface area (Å²) in [6, 6.07) is 13.7. The predicted molar refractivity (Wildman–Crippen MR) is 108 cm³/mol. The SMILES string of the molecule is Cc1cc(/C=N\NC(=O)c2ccccc2O)c(C)n1-c1ccc(Cl)c(Cl)c1. The minimum Gasteiger partial charge on any atom is -0.507 e. The third-order valence-corrected chi connectivity index (χ3v) is 4.89. The number of phenols is 1. The number of hydrogen-bond acceptors (Lipinski definition) is 3. The Hall–Kier alpha value is -2.76. The number of benzene rings is 2. The molecule has 1 heterocycles. The fourth-order valence-corrected chi connectivity index (χ4v) is 3.12. The Morgan fingerprint density at radius 2 is 1.85 bits per heavy atom. The lowest BCUT2D eigenvalue weighted by Gasteiger charge is -2.10. The molecule has 0 atom stereocenters. The number of nitrogens with one attached hydrogen (secondary N) is 1. The second kappa shape index (κ2) is 7.86. The van der Waals surface area contributed by atoms with Crippen molar-refractivity contribution in [3.05, 3.63) is 81.1 Å². The summed E-state index contributed by atoms with van der Waals surface area (Å²) < 4.78 is 2.02. The fraction of sp³-hybridized carbons (Fsp3) is 0.100. The van der Waals surface area contributed by atoms with E-state index in [1.807, 2.05) is 30.5 Å². The summed E-state index contributed by atoms with van der Waals surface area (Å²) in [7, 11) is 0. The molecule has 1 aromatic heterocycles. The zero-order valence-electron chi connectivity index (χ0n) is 14.7. The molecular weight excluding hydrogens is 385 g/mol. The number of amides is 1. The van der Waals surface area contributed by atoms with Crippen molar-refractivity contribution < 1.29 is 9.90 Å². The molecule has 0 aliphatic heterocycles. The van der Waals surface area contributed by atoms with Crippen molar-refractivity contribution in [1.29, 1.82) is 0 Å². The molecule has 5 nitrogen and oxygen atoms in total. The van der Waals surface area contributed by atoms with Crippen LogP contribution in [0.5, 0.6) is 5.75 Å². The van der Waals surface area contributed by atoms with E-state index >= 15 is 0 Å². The van der Waals surface area contributed by atoms with Gasteiger partial charge in [-0.05, 0) is 50.2 Å². The van der Waals surface area contributed by atoms with Crippen molar-refractivity contribution in [2.75, 3.05) is 0 Å². The topological polar surface area (TPSA) is 66.6 Å². The predicted octanol–water partition coefficient (Wildman–Crippen LogP) is 4.87. The highest BCUT2D eigenvalue weighted by atomic mass is 35.5. The highest BCUT2D eigenvalue weighted by molar-refractivity contribution is 6.42. The van der Waals surface area contributed by atoms with Crippen LogP contribution in [0, 0.1) is 13.8 Å². The van der Waals surface area contributed by atoms with Gasteiger partial charge in [-0.15, -0.1) is 0 Å². The molecule has 1 amide bonds. The molecule has 0 spiro atoms. The van der Waals surface area contributed by atoms with Crippen molar-refractivity contribution in [1.82, 2.24) is 9.99 Å². The molecule has 0 bridgehead atoms. The maximum Gasteiger partial charge on any atom is 0.275 e. The van der Waals surface area contributed by atoms with Gasteiger partial charge in [0.1, 0.15) is 5.75 Å². The number of aromatic nitrogens is 1. The summed E-state index contributed by atoms with van der Waals surface area (Å²) >= 11 is 12.1. The van der Waals surface area contributed by atoms with Crippen molar-refractivity contribution >= 4 is 35.3 Å². The third-order valence-electron chi connectivity index (χ3n) is 4.15. The number of nitrogens with zero attached hydrogens (tertiary/aromatic N) is 2. The van der Waals surface area contributed by atoms with Gasteiger partial charge in [-0.1, -0.05) is 35.3 Å². The van der Waals surface area contributed by atoms with Gasteiger partial charge in [0.05, 0.1) is 21.8 Å². The molecule has 0 aliphatic carbocycles. The Labute approximate surface area is 166 Å². The van der Waals surface area contributed by atoms with E-state index in [0.717, 1.165) is 22.6 Å². The van der Waals surface area contributed by atoms with Gasteiger partial charge in [0.25, 0.3) is 5.91 Å². The second-order valence-electron chi connectivity index (χ2n) is 5.98. The minimum absolute atomic E-state index is 0.0944. The Bertz CT molecular complexity index is 1040. The molecule has 3 aromatic rings. The fourth-order valence-electron chi connectivity index (χ4n) is 2.83. The van der Waals surface area contributed by atoms with E-state index in [1.165, 1.54) is 12.1 Å². The summed E-state index contributed by atoms with van der Waals surface area (Å²) in [6.45, 7) is 3.91. The van der Waals surface area contributed by atoms with Gasteiger partial charge in [0, 0.05) is 22.6 Å². The summed E-state index contributed by atoms with van der Waals surface area (Å²) in [6.07, 6.45) is 1.56. The van der Waals surface area contributed by atoms with Crippen LogP contribution in [0.2, 0.25) is 10.0 Å². The van der Waals surface area contributed by atoms with Crippen LogP contribution in [0.3, 0.4) is 0 Å². The average molecular weight is 402 g/mol. The van der Waals surface area contributed by atoms with Gasteiger partial charge in [-0.2, -0.15) is 5.10 Å². The standard InChI is InChI=1S/C20H17Cl2N3O2/c1-12-9-14(11-23-24-20(27)16-5-3-4-6-19(16)26)13(2)25(12)15-7-8-17(21)18(22)10-15/h3-11,26H,1-2H3,(H,24,27)/b23-11-. The highest BCUT2D eigenvalue weighted by Crippen LogP contribution is 2.27. The molecule has 7 heteroatoms. The first kappa shape index (κ1) is 19.0. The zero-order chi connectivity index (χ0) is 19.6. The number of aromatic hydroxyl groups is 1. The highest BCUT2D eigenvalue weighted by Gasteiger charge is 2.12. The summed E-state index contributed by atoms with van der Waals surface area (Å²) in [4.78, 5) is 12.1. The van der Waals surface area contributed by atoms with E-state index in [0.29, 0.717) is 10.0 Å². The lowest BCUT2D eigenvalue weighted by atomic mass is 10.2. The van der Waals surface area contributed by atoms with Gasteiger partial charge >= 0.3 is 0 Å². The number of carbonyl (C=O) groups excluding carboxylic acids is 1. The first-order valence-electron chi connectivity index (χ1n) is 8.14. The molecule has 0 saturated carbocycles. The number of rotatable bonds is 4. The van der Waals surface area contributed by atoms with Crippen LogP contribution in [0.1, 0.15) is 27.3 Å². The number of hydrogen-bond donors (Lipinski definition) is 2. The number of halogens is 2. The molecule has 0 fully saturated rings. The molecule has 0 unspecified atom stereocenters. The van der Waals surface area contributed by atoms with Crippen LogP contribution in [-0.2, 0) is 0 Å². The molecular formula is C20H17Cl2N3O2. The van der Waals surface area contributed by atoms with E-state index in [-0.39, 0.29) is 11.3 Å². The molecule has 138 valence electrons. The number of phenolic OH excluding ortho intramolecular Hbond substituents is 1. The van der Waals surface area contributed by atoms with Gasteiger partial charge in [0.2, 0.25) is 0 Å². The smallest absolute Gasteiger partial charge is 0.275 e. The van der Waals surface area contributed by atoms with Gasteiger partial charge in [-0.3, -0.25) is 4.79 Å². The first-order chi connectivity index (χ1) is 12.9. The van der Waals surface area contributed by atoms with Crippen LogP contribution < -0.4 is 5.43 Å². The quantitative estimate of drug-likeness (QED) is 0.483. The molecule has 27 heavy (non-hydrogen) atoms. The normalized spacial score (nSPS) is 11.1. The second-order valence-corrected chi connectivity index (χ2v) is 6.79. The lowest BCUT2D eigenvalue weighted by Crippen LogP contribution is -2.17. The van der Waals surface area contributed by atoms with E-state index in [2.05, 4.69) is 10.5 Å². The number of para-hydroxylation sites is 1. The molecule has 0 saturated heterocycles. The minimum atomic E-state index is -0.484. The summed E-state index contributed by atoms with van der Waals surface area (Å²) in [5.74, 6) is -0.578. The van der Waals surface area contributed by atoms with Crippen molar-refractivity contribution in [3.63, 3.8) is 0 Å². The Balaban J connectivity index is 1.82. The largest absolute Gasteiger partial charge is 0.507 e. The van der Waals surface area contributed by atoms with Crippen LogP contribution in [-0.4, -0.2) is 21.8 Å². The Morgan fingerprint density at radius 3 is 2.56 bits per heavy atom. The van der Waals surface area contributed by atoms with E-state index in [4.69, 9.17) is 23.2 Å². The summed E-state index contributed by atoms with van der Waals surface area (Å²) in [5.41, 5.74) is 6.24. The first-order valence-corrected chi connectivity index (χ1v) is 8.90. The maximum absolute atomic E-state index is 12.1. The van der Waals surface area contributed by atoms with Gasteiger partial charge in [-0.25, -0.2) is 5.43 Å². The number of carbonyl (C=O) groups is 1.